The molecule has 2 N–H and O–H groups in total. The smallest absolute Gasteiger partial charge is 0.238 e. The van der Waals surface area contributed by atoms with Crippen LogP contribution in [0.5, 0.6) is 0 Å². The summed E-state index contributed by atoms with van der Waals surface area (Å²) in [6.07, 6.45) is 0. The number of amides is 2. The molecule has 0 radical (unpaired) electrons. The van der Waals surface area contributed by atoms with Crippen molar-refractivity contribution < 1.29 is 9.59 Å². The lowest BCUT2D eigenvalue weighted by molar-refractivity contribution is -0.123. The minimum Gasteiger partial charge on any atom is -0.343 e. The summed E-state index contributed by atoms with van der Waals surface area (Å²) in [7, 11) is 1.76. The minimum absolute atomic E-state index is 0.127. The van der Waals surface area contributed by atoms with Gasteiger partial charge in [-0.1, -0.05) is 54.1 Å². The number of thiophene rings is 1. The van der Waals surface area contributed by atoms with Gasteiger partial charge in [0.1, 0.15) is 0 Å². The SMILES string of the molecule is Cc1ccc(NC(=O)CN(C)CC(=O)N[C@@H](c2ccccc2)c2cccs2)cc1. The molecular formula is C23H25N3O2S. The second kappa shape index (κ2) is 10.0. The Hall–Kier alpha value is -2.96. The third kappa shape index (κ3) is 6.27. The second-order valence-electron chi connectivity index (χ2n) is 7.01. The van der Waals surface area contributed by atoms with Gasteiger partial charge in [0.2, 0.25) is 11.8 Å². The average Bonchev–Trinajstić information content (AvgIpc) is 3.23. The van der Waals surface area contributed by atoms with Crippen LogP contribution in [-0.2, 0) is 9.59 Å². The molecule has 1 aromatic heterocycles. The third-order valence-corrected chi connectivity index (χ3v) is 5.37. The first kappa shape index (κ1) is 20.8. The molecule has 0 bridgehead atoms. The number of aryl methyl sites for hydroxylation is 1. The van der Waals surface area contributed by atoms with Crippen LogP contribution in [0.3, 0.4) is 0 Å². The van der Waals surface area contributed by atoms with Crippen molar-refractivity contribution in [3.8, 4) is 0 Å². The first-order valence-electron chi connectivity index (χ1n) is 9.44. The van der Waals surface area contributed by atoms with Crippen LogP contribution in [0.1, 0.15) is 22.0 Å². The molecule has 3 rings (SSSR count). The molecule has 0 fully saturated rings. The average molecular weight is 408 g/mol. The van der Waals surface area contributed by atoms with E-state index in [-0.39, 0.29) is 30.9 Å². The van der Waals surface area contributed by atoms with E-state index in [0.717, 1.165) is 21.7 Å². The summed E-state index contributed by atoms with van der Waals surface area (Å²) in [5.74, 6) is -0.278. The predicted molar refractivity (Wildman–Crippen MR) is 118 cm³/mol. The molecule has 150 valence electrons. The largest absolute Gasteiger partial charge is 0.343 e. The van der Waals surface area contributed by atoms with Crippen LogP contribution in [0, 0.1) is 6.92 Å². The zero-order valence-corrected chi connectivity index (χ0v) is 17.4. The number of carbonyl (C=O) groups is 2. The predicted octanol–water partition coefficient (Wildman–Crippen LogP) is 3.83. The molecule has 6 heteroatoms. The van der Waals surface area contributed by atoms with Crippen LogP contribution < -0.4 is 10.6 Å². The molecule has 29 heavy (non-hydrogen) atoms. The van der Waals surface area contributed by atoms with Crippen LogP contribution in [-0.4, -0.2) is 36.9 Å². The Morgan fingerprint density at radius 1 is 0.931 bits per heavy atom. The Morgan fingerprint density at radius 2 is 1.62 bits per heavy atom. The van der Waals surface area contributed by atoms with Crippen molar-refractivity contribution in [1.29, 1.82) is 0 Å². The van der Waals surface area contributed by atoms with E-state index in [4.69, 9.17) is 0 Å². The zero-order chi connectivity index (χ0) is 20.6. The zero-order valence-electron chi connectivity index (χ0n) is 16.6. The Kier molecular flexibility index (Phi) is 7.16. The van der Waals surface area contributed by atoms with E-state index < -0.39 is 0 Å². The lowest BCUT2D eigenvalue weighted by atomic mass is 10.1. The Labute approximate surface area is 175 Å². The van der Waals surface area contributed by atoms with Gasteiger partial charge < -0.3 is 10.6 Å². The molecule has 3 aromatic rings. The molecule has 2 aromatic carbocycles. The van der Waals surface area contributed by atoms with Gasteiger partial charge in [-0.3, -0.25) is 14.5 Å². The summed E-state index contributed by atoms with van der Waals surface area (Å²) in [4.78, 5) is 27.6. The standard InChI is InChI=1S/C23H25N3O2S/c1-17-10-12-19(13-11-17)24-21(27)15-26(2)16-22(28)25-23(20-9-6-14-29-20)18-7-4-3-5-8-18/h3-14,23H,15-16H2,1-2H3,(H,24,27)(H,25,28)/t23-/m0/s1. The van der Waals surface area contributed by atoms with Gasteiger partial charge in [0.05, 0.1) is 19.1 Å². The van der Waals surface area contributed by atoms with E-state index in [1.54, 1.807) is 23.3 Å². The summed E-state index contributed by atoms with van der Waals surface area (Å²) in [5.41, 5.74) is 2.92. The van der Waals surface area contributed by atoms with Crippen LogP contribution in [0.25, 0.3) is 0 Å². The van der Waals surface area contributed by atoms with Crippen molar-refractivity contribution in [1.82, 2.24) is 10.2 Å². The van der Waals surface area contributed by atoms with Gasteiger partial charge in [0, 0.05) is 10.6 Å². The summed E-state index contributed by atoms with van der Waals surface area (Å²) >= 11 is 1.61. The van der Waals surface area contributed by atoms with Gasteiger partial charge in [0.25, 0.3) is 0 Å². The van der Waals surface area contributed by atoms with Crippen molar-refractivity contribution in [2.24, 2.45) is 0 Å². The molecule has 0 saturated heterocycles. The van der Waals surface area contributed by atoms with E-state index in [9.17, 15) is 9.59 Å². The van der Waals surface area contributed by atoms with Gasteiger partial charge in [-0.05, 0) is 43.1 Å². The maximum Gasteiger partial charge on any atom is 0.238 e. The van der Waals surface area contributed by atoms with Crippen LogP contribution in [0.15, 0.2) is 72.1 Å². The highest BCUT2D eigenvalue weighted by Gasteiger charge is 2.19. The summed E-state index contributed by atoms with van der Waals surface area (Å²) < 4.78 is 0. The van der Waals surface area contributed by atoms with Gasteiger partial charge in [0.15, 0.2) is 0 Å². The fourth-order valence-corrected chi connectivity index (χ4v) is 3.81. The highest BCUT2D eigenvalue weighted by molar-refractivity contribution is 7.10. The summed E-state index contributed by atoms with van der Waals surface area (Å²) in [6.45, 7) is 2.27. The molecular weight excluding hydrogens is 382 g/mol. The number of rotatable bonds is 8. The third-order valence-electron chi connectivity index (χ3n) is 4.43. The monoisotopic (exact) mass is 407 g/mol. The summed E-state index contributed by atoms with van der Waals surface area (Å²) in [6, 6.07) is 21.3. The van der Waals surface area contributed by atoms with Crippen LogP contribution in [0.2, 0.25) is 0 Å². The van der Waals surface area contributed by atoms with E-state index >= 15 is 0 Å². The van der Waals surface area contributed by atoms with Crippen molar-refractivity contribution in [2.75, 3.05) is 25.5 Å². The molecule has 0 aliphatic heterocycles. The van der Waals surface area contributed by atoms with Crippen LogP contribution in [0.4, 0.5) is 5.69 Å². The Morgan fingerprint density at radius 3 is 2.28 bits per heavy atom. The topological polar surface area (TPSA) is 61.4 Å². The number of carbonyl (C=O) groups excluding carboxylic acids is 2. The van der Waals surface area contributed by atoms with Crippen molar-refractivity contribution in [3.05, 3.63) is 88.1 Å². The highest BCUT2D eigenvalue weighted by atomic mass is 32.1. The number of benzene rings is 2. The molecule has 0 spiro atoms. The quantitative estimate of drug-likeness (QED) is 0.597. The number of hydrogen-bond acceptors (Lipinski definition) is 4. The molecule has 0 aliphatic rings. The molecule has 0 saturated carbocycles. The number of anilines is 1. The molecule has 0 unspecified atom stereocenters. The Bertz CT molecular complexity index is 925. The number of hydrogen-bond donors (Lipinski definition) is 2. The molecule has 2 amide bonds. The van der Waals surface area contributed by atoms with Gasteiger partial charge in [-0.15, -0.1) is 11.3 Å². The number of nitrogens with zero attached hydrogens (tertiary/aromatic N) is 1. The van der Waals surface area contributed by atoms with Gasteiger partial charge in [-0.25, -0.2) is 0 Å². The van der Waals surface area contributed by atoms with E-state index in [0.29, 0.717) is 0 Å². The minimum atomic E-state index is -0.196. The van der Waals surface area contributed by atoms with Gasteiger partial charge in [-0.2, -0.15) is 0 Å². The second-order valence-corrected chi connectivity index (χ2v) is 7.99. The van der Waals surface area contributed by atoms with Crippen molar-refractivity contribution in [2.45, 2.75) is 13.0 Å². The lowest BCUT2D eigenvalue weighted by Crippen LogP contribution is -2.40. The maximum absolute atomic E-state index is 12.6. The fourth-order valence-electron chi connectivity index (χ4n) is 3.01. The Balaban J connectivity index is 1.55. The van der Waals surface area contributed by atoms with Gasteiger partial charge >= 0.3 is 0 Å². The first-order chi connectivity index (χ1) is 14.0. The highest BCUT2D eigenvalue weighted by Crippen LogP contribution is 2.25. The first-order valence-corrected chi connectivity index (χ1v) is 10.3. The molecule has 0 aliphatic carbocycles. The lowest BCUT2D eigenvalue weighted by Gasteiger charge is -2.21. The maximum atomic E-state index is 12.6. The summed E-state index contributed by atoms with van der Waals surface area (Å²) in [5, 5.41) is 7.94. The molecule has 1 atom stereocenters. The van der Waals surface area contributed by atoms with Crippen molar-refractivity contribution in [3.63, 3.8) is 0 Å². The molecule has 5 nitrogen and oxygen atoms in total. The van der Waals surface area contributed by atoms with E-state index in [1.165, 1.54) is 0 Å². The fraction of sp³-hybridized carbons (Fsp3) is 0.217. The molecule has 1 heterocycles. The number of nitrogens with one attached hydrogen (secondary N) is 2. The number of likely N-dealkylation sites (N-methyl/N-ethyl adjacent to an activating group) is 1. The van der Waals surface area contributed by atoms with Crippen LogP contribution >= 0.6 is 11.3 Å². The normalized spacial score (nSPS) is 11.8. The van der Waals surface area contributed by atoms with E-state index in [1.807, 2.05) is 79.0 Å². The van der Waals surface area contributed by atoms with Crippen molar-refractivity contribution >= 4 is 28.8 Å². The van der Waals surface area contributed by atoms with E-state index in [2.05, 4.69) is 10.6 Å².